The van der Waals surface area contributed by atoms with Crippen LogP contribution in [0.5, 0.6) is 0 Å². The van der Waals surface area contributed by atoms with Gasteiger partial charge in [-0.15, -0.1) is 0 Å². The second-order valence-corrected chi connectivity index (χ2v) is 9.97. The van der Waals surface area contributed by atoms with E-state index in [1.165, 1.54) is 16.4 Å². The van der Waals surface area contributed by atoms with E-state index < -0.39 is 27.5 Å². The van der Waals surface area contributed by atoms with E-state index >= 15 is 0 Å². The number of sulfonamides is 1. The largest absolute Gasteiger partial charge is 0.416 e. The van der Waals surface area contributed by atoms with Crippen LogP contribution in [0.15, 0.2) is 24.3 Å². The van der Waals surface area contributed by atoms with Crippen LogP contribution in [-0.2, 0) is 26.7 Å². The van der Waals surface area contributed by atoms with Gasteiger partial charge in [0, 0.05) is 31.6 Å². The molecule has 0 N–H and O–H groups in total. The second kappa shape index (κ2) is 7.02. The third kappa shape index (κ3) is 3.91. The van der Waals surface area contributed by atoms with Gasteiger partial charge < -0.3 is 4.90 Å². The van der Waals surface area contributed by atoms with Gasteiger partial charge in [0.15, 0.2) is 0 Å². The fraction of sp³-hybridized carbons (Fsp3) is 0.632. The summed E-state index contributed by atoms with van der Waals surface area (Å²) in [5.41, 5.74) is -0.708. The molecule has 3 fully saturated rings. The highest BCUT2D eigenvalue weighted by Gasteiger charge is 2.46. The number of carbonyl (C=O) groups is 1. The van der Waals surface area contributed by atoms with E-state index in [0.29, 0.717) is 38.4 Å². The number of carbonyl (C=O) groups excluding carboxylic acids is 1. The van der Waals surface area contributed by atoms with Crippen LogP contribution in [0.3, 0.4) is 0 Å². The summed E-state index contributed by atoms with van der Waals surface area (Å²) in [6.45, 7) is 0.640. The lowest BCUT2D eigenvalue weighted by atomic mass is 9.84. The number of likely N-dealkylation sites (tertiary alicyclic amines) is 1. The molecule has 0 radical (unpaired) electrons. The number of fused-ring (bicyclic) bond motifs is 1. The Morgan fingerprint density at radius 3 is 2.54 bits per heavy atom. The topological polar surface area (TPSA) is 57.7 Å². The van der Waals surface area contributed by atoms with Crippen LogP contribution in [0.1, 0.15) is 43.2 Å². The molecule has 3 aliphatic rings. The summed E-state index contributed by atoms with van der Waals surface area (Å²) in [6, 6.07) is 4.89. The zero-order chi connectivity index (χ0) is 20.1. The van der Waals surface area contributed by atoms with Crippen molar-refractivity contribution in [3.05, 3.63) is 35.4 Å². The Kier molecular flexibility index (Phi) is 4.94. The number of benzene rings is 1. The second-order valence-electron chi connectivity index (χ2n) is 8.00. The fourth-order valence-corrected chi connectivity index (χ4v) is 6.06. The van der Waals surface area contributed by atoms with Crippen LogP contribution in [0, 0.1) is 5.92 Å². The molecule has 2 unspecified atom stereocenters. The molecule has 1 aliphatic carbocycles. The first-order valence-electron chi connectivity index (χ1n) is 9.60. The Labute approximate surface area is 162 Å². The standard InChI is InChI=1S/C19H23F3N2O3S/c20-19(21,22)15-3-1-2-13(10-15)12-28(26,27)23-9-8-17-14(11-23)4-7-18(25)24(17)16-5-6-16/h1-3,10,14,16-17H,4-9,11-12H2. The van der Waals surface area contributed by atoms with Crippen molar-refractivity contribution < 1.29 is 26.4 Å². The van der Waals surface area contributed by atoms with Crippen molar-refractivity contribution in [1.29, 1.82) is 0 Å². The molecule has 4 rings (SSSR count). The van der Waals surface area contributed by atoms with Crippen LogP contribution in [0.25, 0.3) is 0 Å². The molecule has 28 heavy (non-hydrogen) atoms. The quantitative estimate of drug-likeness (QED) is 0.758. The molecule has 0 aromatic heterocycles. The fourth-order valence-electron chi connectivity index (χ4n) is 4.48. The summed E-state index contributed by atoms with van der Waals surface area (Å²) in [5.74, 6) is -0.174. The summed E-state index contributed by atoms with van der Waals surface area (Å²) in [6.07, 6.45) is -0.756. The van der Waals surface area contributed by atoms with Crippen molar-refractivity contribution >= 4 is 15.9 Å². The first-order valence-corrected chi connectivity index (χ1v) is 11.2. The smallest absolute Gasteiger partial charge is 0.336 e. The third-order valence-corrected chi connectivity index (χ3v) is 7.78. The lowest BCUT2D eigenvalue weighted by molar-refractivity contribution is -0.141. The van der Waals surface area contributed by atoms with Gasteiger partial charge in [0.05, 0.1) is 11.3 Å². The molecule has 2 aliphatic heterocycles. The lowest BCUT2D eigenvalue weighted by Gasteiger charge is -2.46. The van der Waals surface area contributed by atoms with Gasteiger partial charge in [0.25, 0.3) is 0 Å². The molecule has 9 heteroatoms. The highest BCUT2D eigenvalue weighted by atomic mass is 32.2. The molecule has 1 aromatic carbocycles. The summed E-state index contributed by atoms with van der Waals surface area (Å²) in [5, 5.41) is 0. The van der Waals surface area contributed by atoms with Gasteiger partial charge in [-0.05, 0) is 43.2 Å². The van der Waals surface area contributed by atoms with Gasteiger partial charge >= 0.3 is 6.18 Å². The monoisotopic (exact) mass is 416 g/mol. The number of nitrogens with zero attached hydrogens (tertiary/aromatic N) is 2. The minimum absolute atomic E-state index is 0.0914. The normalized spacial score (nSPS) is 27.0. The summed E-state index contributed by atoms with van der Waals surface area (Å²) in [4.78, 5) is 14.2. The number of piperidine rings is 2. The third-order valence-electron chi connectivity index (χ3n) is 5.97. The van der Waals surface area contributed by atoms with Gasteiger partial charge in [0.1, 0.15) is 0 Å². The van der Waals surface area contributed by atoms with E-state index in [1.807, 2.05) is 4.90 Å². The molecule has 0 spiro atoms. The first kappa shape index (κ1) is 19.7. The molecule has 154 valence electrons. The van der Waals surface area contributed by atoms with Crippen LogP contribution in [0.2, 0.25) is 0 Å². The number of hydrogen-bond acceptors (Lipinski definition) is 3. The van der Waals surface area contributed by atoms with E-state index in [2.05, 4.69) is 0 Å². The molecule has 1 saturated carbocycles. The van der Waals surface area contributed by atoms with Gasteiger partial charge in [-0.1, -0.05) is 18.2 Å². The Hall–Kier alpha value is -1.61. The van der Waals surface area contributed by atoms with Crippen molar-refractivity contribution in [2.45, 2.75) is 56.1 Å². The minimum Gasteiger partial charge on any atom is -0.336 e. The molecular formula is C19H23F3N2O3S. The maximum absolute atomic E-state index is 12.9. The van der Waals surface area contributed by atoms with Crippen molar-refractivity contribution in [1.82, 2.24) is 9.21 Å². The summed E-state index contributed by atoms with van der Waals surface area (Å²) >= 11 is 0. The van der Waals surface area contributed by atoms with Crippen LogP contribution in [-0.4, -0.2) is 48.7 Å². The van der Waals surface area contributed by atoms with E-state index in [0.717, 1.165) is 25.0 Å². The lowest BCUT2D eigenvalue weighted by Crippen LogP contribution is -2.57. The average molecular weight is 416 g/mol. The van der Waals surface area contributed by atoms with Crippen molar-refractivity contribution in [3.63, 3.8) is 0 Å². The maximum Gasteiger partial charge on any atom is 0.416 e. The molecule has 0 bridgehead atoms. The SMILES string of the molecule is O=C1CCC2CN(S(=O)(=O)Cc3cccc(C(F)(F)F)c3)CCC2N1C1CC1. The first-order chi connectivity index (χ1) is 13.1. The highest BCUT2D eigenvalue weighted by Crippen LogP contribution is 2.39. The number of amides is 1. The number of halogens is 3. The predicted molar refractivity (Wildman–Crippen MR) is 96.6 cm³/mol. The van der Waals surface area contributed by atoms with Crippen LogP contribution < -0.4 is 0 Å². The molecule has 2 atom stereocenters. The number of hydrogen-bond donors (Lipinski definition) is 0. The maximum atomic E-state index is 12.9. The zero-order valence-corrected chi connectivity index (χ0v) is 16.2. The molecule has 2 saturated heterocycles. The zero-order valence-electron chi connectivity index (χ0n) is 15.4. The average Bonchev–Trinajstić information content (AvgIpc) is 3.45. The summed E-state index contributed by atoms with van der Waals surface area (Å²) < 4.78 is 65.8. The van der Waals surface area contributed by atoms with Crippen molar-refractivity contribution in [2.24, 2.45) is 5.92 Å². The minimum atomic E-state index is -4.50. The Morgan fingerprint density at radius 2 is 1.86 bits per heavy atom. The molecule has 1 aromatic rings. The Balaban J connectivity index is 1.47. The van der Waals surface area contributed by atoms with Crippen LogP contribution in [0.4, 0.5) is 13.2 Å². The van der Waals surface area contributed by atoms with Gasteiger partial charge in [-0.3, -0.25) is 4.79 Å². The van der Waals surface area contributed by atoms with E-state index in [-0.39, 0.29) is 23.4 Å². The molecule has 2 heterocycles. The van der Waals surface area contributed by atoms with E-state index in [1.54, 1.807) is 0 Å². The molecular weight excluding hydrogens is 393 g/mol. The predicted octanol–water partition coefficient (Wildman–Crippen LogP) is 3.01. The highest BCUT2D eigenvalue weighted by molar-refractivity contribution is 7.88. The van der Waals surface area contributed by atoms with E-state index in [4.69, 9.17) is 0 Å². The van der Waals surface area contributed by atoms with Gasteiger partial charge in [-0.25, -0.2) is 12.7 Å². The van der Waals surface area contributed by atoms with Crippen LogP contribution >= 0.6 is 0 Å². The van der Waals surface area contributed by atoms with E-state index in [9.17, 15) is 26.4 Å². The molecule has 5 nitrogen and oxygen atoms in total. The Bertz CT molecular complexity index is 867. The molecule has 1 amide bonds. The Morgan fingerprint density at radius 1 is 1.11 bits per heavy atom. The number of rotatable bonds is 4. The van der Waals surface area contributed by atoms with Gasteiger partial charge in [0.2, 0.25) is 15.9 Å². The summed E-state index contributed by atoms with van der Waals surface area (Å²) in [7, 11) is -3.72. The van der Waals surface area contributed by atoms with Crippen molar-refractivity contribution in [2.75, 3.05) is 13.1 Å². The number of alkyl halides is 3. The van der Waals surface area contributed by atoms with Crippen molar-refractivity contribution in [3.8, 4) is 0 Å². The van der Waals surface area contributed by atoms with Gasteiger partial charge in [-0.2, -0.15) is 13.2 Å².